The molecule has 0 aromatic carbocycles. The molecule has 1 aromatic heterocycles. The summed E-state index contributed by atoms with van der Waals surface area (Å²) >= 11 is 1.85. The Hall–Kier alpha value is -0.800. The molecule has 0 amide bonds. The van der Waals surface area contributed by atoms with Crippen LogP contribution in [0.3, 0.4) is 0 Å². The van der Waals surface area contributed by atoms with Crippen LogP contribution >= 0.6 is 23.7 Å². The third kappa shape index (κ3) is 2.36. The Labute approximate surface area is 94.2 Å². The first-order chi connectivity index (χ1) is 6.40. The van der Waals surface area contributed by atoms with Crippen LogP contribution in [0.4, 0.5) is 0 Å². The molecule has 76 valence electrons. The van der Waals surface area contributed by atoms with E-state index in [0.717, 1.165) is 6.42 Å². The largest absolute Gasteiger partial charge is 0.353 e. The number of halogens is 1. The quantitative estimate of drug-likeness (QED) is 0.827. The molecule has 2 heterocycles. The van der Waals surface area contributed by atoms with Gasteiger partial charge in [0.25, 0.3) is 0 Å². The highest BCUT2D eigenvalue weighted by Gasteiger charge is 2.09. The predicted octanol–water partition coefficient (Wildman–Crippen LogP) is 2.92. The van der Waals surface area contributed by atoms with Crippen LogP contribution in [0.25, 0.3) is 0 Å². The molecule has 0 fully saturated rings. The van der Waals surface area contributed by atoms with Gasteiger partial charge in [0.05, 0.1) is 6.34 Å². The number of aryl methyl sites for hydroxylation is 1. The lowest BCUT2D eigenvalue weighted by Crippen LogP contribution is -2.07. The normalized spacial score (nSPS) is 18.8. The summed E-state index contributed by atoms with van der Waals surface area (Å²) in [5.74, 6) is 0. The van der Waals surface area contributed by atoms with E-state index in [4.69, 9.17) is 0 Å². The molecule has 0 bridgehead atoms. The summed E-state index contributed by atoms with van der Waals surface area (Å²) < 4.78 is 0. The molecule has 1 atom stereocenters. The standard InChI is InChI=1S/C10H12N2S.ClH/c1-2-8-3-4-10(13-8)9-5-6-11-7-12-9;/h3-7,9H,2H2,1H3,(H,11,12);1H. The summed E-state index contributed by atoms with van der Waals surface area (Å²) in [7, 11) is 0. The first-order valence-electron chi connectivity index (χ1n) is 4.43. The van der Waals surface area contributed by atoms with Crippen molar-refractivity contribution in [3.05, 3.63) is 34.2 Å². The van der Waals surface area contributed by atoms with Crippen LogP contribution in [-0.4, -0.2) is 6.34 Å². The van der Waals surface area contributed by atoms with Crippen molar-refractivity contribution < 1.29 is 0 Å². The molecule has 2 rings (SSSR count). The first-order valence-corrected chi connectivity index (χ1v) is 5.25. The van der Waals surface area contributed by atoms with Crippen molar-refractivity contribution in [2.24, 2.45) is 4.99 Å². The zero-order valence-electron chi connectivity index (χ0n) is 7.93. The van der Waals surface area contributed by atoms with Gasteiger partial charge in [-0.1, -0.05) is 6.92 Å². The van der Waals surface area contributed by atoms with Crippen molar-refractivity contribution in [2.45, 2.75) is 19.4 Å². The van der Waals surface area contributed by atoms with Crippen LogP contribution in [-0.2, 0) is 6.42 Å². The van der Waals surface area contributed by atoms with Gasteiger partial charge in [0.1, 0.15) is 6.04 Å². The van der Waals surface area contributed by atoms with Gasteiger partial charge in [0.15, 0.2) is 0 Å². The molecule has 0 saturated carbocycles. The van der Waals surface area contributed by atoms with Crippen molar-refractivity contribution in [3.63, 3.8) is 0 Å². The molecular formula is C10H13ClN2S. The molecule has 1 N–H and O–H groups in total. The van der Waals surface area contributed by atoms with E-state index < -0.39 is 0 Å². The molecule has 4 heteroatoms. The van der Waals surface area contributed by atoms with Crippen LogP contribution in [0.1, 0.15) is 22.7 Å². The van der Waals surface area contributed by atoms with Crippen LogP contribution in [0, 0.1) is 0 Å². The van der Waals surface area contributed by atoms with Crippen molar-refractivity contribution >= 4 is 30.1 Å². The van der Waals surface area contributed by atoms with E-state index in [2.05, 4.69) is 35.4 Å². The lowest BCUT2D eigenvalue weighted by molar-refractivity contribution is 0.905. The third-order valence-corrected chi connectivity index (χ3v) is 3.31. The summed E-state index contributed by atoms with van der Waals surface area (Å²) in [5.41, 5.74) is 0. The topological polar surface area (TPSA) is 24.4 Å². The molecule has 1 aromatic rings. The highest BCUT2D eigenvalue weighted by molar-refractivity contribution is 7.12. The van der Waals surface area contributed by atoms with Crippen LogP contribution in [0.2, 0.25) is 0 Å². The van der Waals surface area contributed by atoms with Gasteiger partial charge in [-0.05, 0) is 24.6 Å². The lowest BCUT2D eigenvalue weighted by Gasteiger charge is -2.08. The number of nitrogens with zero attached hydrogens (tertiary/aromatic N) is 1. The van der Waals surface area contributed by atoms with Crippen molar-refractivity contribution in [2.75, 3.05) is 0 Å². The molecule has 14 heavy (non-hydrogen) atoms. The van der Waals surface area contributed by atoms with Crippen LogP contribution in [0.15, 0.2) is 29.4 Å². The van der Waals surface area contributed by atoms with Crippen molar-refractivity contribution in [3.8, 4) is 0 Å². The van der Waals surface area contributed by atoms with E-state index in [-0.39, 0.29) is 18.4 Å². The Morgan fingerprint density at radius 3 is 2.93 bits per heavy atom. The summed E-state index contributed by atoms with van der Waals surface area (Å²) in [6.07, 6.45) is 6.87. The highest BCUT2D eigenvalue weighted by atomic mass is 35.5. The first kappa shape index (κ1) is 11.3. The zero-order chi connectivity index (χ0) is 9.10. The van der Waals surface area contributed by atoms with Gasteiger partial charge in [-0.25, -0.2) is 0 Å². The molecule has 0 radical (unpaired) electrons. The smallest absolute Gasteiger partial charge is 0.106 e. The summed E-state index contributed by atoms with van der Waals surface area (Å²) in [5, 5.41) is 2.94. The van der Waals surface area contributed by atoms with E-state index in [9.17, 15) is 0 Å². The van der Waals surface area contributed by atoms with Gasteiger partial charge in [-0.15, -0.1) is 23.7 Å². The maximum absolute atomic E-state index is 4.33. The Bertz CT molecular complexity index is 332. The molecule has 0 saturated heterocycles. The SMILES string of the molecule is CCc1ccc(C2C=CNC=N2)s1.Cl. The van der Waals surface area contributed by atoms with Gasteiger partial charge < -0.3 is 5.32 Å². The molecule has 1 aliphatic heterocycles. The average molecular weight is 229 g/mol. The zero-order valence-corrected chi connectivity index (χ0v) is 9.57. The Balaban J connectivity index is 0.000000980. The van der Waals surface area contributed by atoms with E-state index in [1.807, 2.05) is 17.5 Å². The Morgan fingerprint density at radius 1 is 1.50 bits per heavy atom. The van der Waals surface area contributed by atoms with Gasteiger partial charge in [-0.3, -0.25) is 4.99 Å². The molecular weight excluding hydrogens is 216 g/mol. The second-order valence-electron chi connectivity index (χ2n) is 2.91. The molecule has 0 aliphatic carbocycles. The summed E-state index contributed by atoms with van der Waals surface area (Å²) in [6.45, 7) is 2.18. The predicted molar refractivity (Wildman–Crippen MR) is 64.5 cm³/mol. The van der Waals surface area contributed by atoms with Crippen LogP contribution < -0.4 is 5.32 Å². The number of aliphatic imine (C=N–C) groups is 1. The molecule has 1 unspecified atom stereocenters. The van der Waals surface area contributed by atoms with Crippen LogP contribution in [0.5, 0.6) is 0 Å². The fourth-order valence-corrected chi connectivity index (χ4v) is 2.25. The number of nitrogens with one attached hydrogen (secondary N) is 1. The lowest BCUT2D eigenvalue weighted by atomic mass is 10.2. The van der Waals surface area contributed by atoms with E-state index in [1.165, 1.54) is 9.75 Å². The monoisotopic (exact) mass is 228 g/mol. The minimum atomic E-state index is 0. The van der Waals surface area contributed by atoms with Crippen molar-refractivity contribution in [1.29, 1.82) is 0 Å². The number of hydrogen-bond acceptors (Lipinski definition) is 3. The second kappa shape index (κ2) is 5.17. The van der Waals surface area contributed by atoms with Gasteiger partial charge in [0, 0.05) is 16.0 Å². The van der Waals surface area contributed by atoms with E-state index >= 15 is 0 Å². The Kier molecular flexibility index (Phi) is 4.17. The summed E-state index contributed by atoms with van der Waals surface area (Å²) in [6, 6.07) is 4.58. The minimum Gasteiger partial charge on any atom is -0.353 e. The highest BCUT2D eigenvalue weighted by Crippen LogP contribution is 2.27. The maximum Gasteiger partial charge on any atom is 0.106 e. The second-order valence-corrected chi connectivity index (χ2v) is 4.11. The van der Waals surface area contributed by atoms with E-state index in [1.54, 1.807) is 6.34 Å². The van der Waals surface area contributed by atoms with Crippen molar-refractivity contribution in [1.82, 2.24) is 5.32 Å². The maximum atomic E-state index is 4.33. The van der Waals surface area contributed by atoms with Gasteiger partial charge in [-0.2, -0.15) is 0 Å². The number of hydrogen-bond donors (Lipinski definition) is 1. The van der Waals surface area contributed by atoms with Gasteiger partial charge in [0.2, 0.25) is 0 Å². The molecule has 2 nitrogen and oxygen atoms in total. The minimum absolute atomic E-state index is 0. The molecule has 1 aliphatic rings. The fourth-order valence-electron chi connectivity index (χ4n) is 1.27. The fraction of sp³-hybridized carbons (Fsp3) is 0.300. The summed E-state index contributed by atoms with van der Waals surface area (Å²) in [4.78, 5) is 7.09. The molecule has 0 spiro atoms. The average Bonchev–Trinajstić information content (AvgIpc) is 2.67. The Morgan fingerprint density at radius 2 is 2.36 bits per heavy atom. The third-order valence-electron chi connectivity index (χ3n) is 2.01. The number of thiophene rings is 1. The number of rotatable bonds is 2. The van der Waals surface area contributed by atoms with E-state index in [0.29, 0.717) is 0 Å². The van der Waals surface area contributed by atoms with Gasteiger partial charge >= 0.3 is 0 Å².